The highest BCUT2D eigenvalue weighted by Gasteiger charge is 2.36. The quantitative estimate of drug-likeness (QED) is 0.178. The van der Waals surface area contributed by atoms with Gasteiger partial charge in [-0.25, -0.2) is 9.97 Å². The molecule has 2 aromatic heterocycles. The van der Waals surface area contributed by atoms with Gasteiger partial charge in [0.25, 0.3) is 0 Å². The van der Waals surface area contributed by atoms with E-state index >= 15 is 0 Å². The van der Waals surface area contributed by atoms with Gasteiger partial charge in [0.2, 0.25) is 17.7 Å². The molecule has 53 heavy (non-hydrogen) atoms. The summed E-state index contributed by atoms with van der Waals surface area (Å²) in [6.07, 6.45) is 7.23. The monoisotopic (exact) mass is 710 g/mol. The largest absolute Gasteiger partial charge is 0.346 e. The van der Waals surface area contributed by atoms with E-state index in [-0.39, 0.29) is 48.2 Å². The molecule has 0 saturated carbocycles. The lowest BCUT2D eigenvalue weighted by molar-refractivity contribution is -0.134. The van der Waals surface area contributed by atoms with Crippen LogP contribution in [0, 0.1) is 0 Å². The number of carbonyl (C=O) groups is 3. The molecule has 5 heterocycles. The molecule has 0 aliphatic carbocycles. The Hall–Kier alpha value is -5.71. The Morgan fingerprint density at radius 1 is 0.679 bits per heavy atom. The van der Waals surface area contributed by atoms with Crippen molar-refractivity contribution in [1.82, 2.24) is 29.7 Å². The van der Waals surface area contributed by atoms with E-state index in [4.69, 9.17) is 9.97 Å². The van der Waals surface area contributed by atoms with Crippen LogP contribution in [0.1, 0.15) is 86.2 Å². The molecule has 0 unspecified atom stereocenters. The molecular weight excluding hydrogens is 665 g/mol. The molecule has 272 valence electrons. The van der Waals surface area contributed by atoms with E-state index in [1.807, 2.05) is 125 Å². The summed E-state index contributed by atoms with van der Waals surface area (Å²) in [7, 11) is 0. The van der Waals surface area contributed by atoms with Crippen molar-refractivity contribution in [2.24, 2.45) is 0 Å². The summed E-state index contributed by atoms with van der Waals surface area (Å²) in [4.78, 5) is 64.6. The molecule has 3 saturated heterocycles. The van der Waals surface area contributed by atoms with Gasteiger partial charge in [0.05, 0.1) is 48.6 Å². The number of nitrogens with one attached hydrogen (secondary N) is 2. The number of hydrogen-bond acceptors (Lipinski definition) is 6. The zero-order valence-corrected chi connectivity index (χ0v) is 30.3. The van der Waals surface area contributed by atoms with Crippen LogP contribution in [0.2, 0.25) is 0 Å². The maximum absolute atomic E-state index is 13.5. The molecule has 4 atom stereocenters. The molecule has 8 rings (SSSR count). The molecule has 0 bridgehead atoms. The van der Waals surface area contributed by atoms with E-state index < -0.39 is 0 Å². The van der Waals surface area contributed by atoms with Gasteiger partial charge >= 0.3 is 0 Å². The first-order chi connectivity index (χ1) is 25.9. The Balaban J connectivity index is 0.886. The standard InChI is InChI=1S/C42H46N8O3/c1-28(30-11-5-3-6-12-30)41(52)49-21-9-15-35(49)39-43-25-34(45-39)32-17-19-33(20-18-32)48-24-23-47(27-38(48)51)37-26-44-40(46-37)36-16-10-22-50(36)42(53)29(2)31-13-7-4-8-14-31/h3-8,11-14,17-20,25-26,28-29,35-36H,9-10,15-16,21-24,27H2,1-2H3,(H,43,45)(H,44,46)/t28-,29-,35+,36+/m1/s1. The highest BCUT2D eigenvalue weighted by molar-refractivity contribution is 5.97. The van der Waals surface area contributed by atoms with Gasteiger partial charge in [-0.3, -0.25) is 14.4 Å². The number of aromatic nitrogens is 4. The summed E-state index contributed by atoms with van der Waals surface area (Å²) in [5.41, 5.74) is 4.73. The molecular formula is C42H46N8O3. The minimum atomic E-state index is -0.225. The molecule has 3 aliphatic rings. The summed E-state index contributed by atoms with van der Waals surface area (Å²) in [5, 5.41) is 0. The molecule has 3 aromatic carbocycles. The lowest BCUT2D eigenvalue weighted by atomic mass is 9.99. The second-order valence-corrected chi connectivity index (χ2v) is 14.5. The van der Waals surface area contributed by atoms with Gasteiger partial charge in [0.1, 0.15) is 17.5 Å². The van der Waals surface area contributed by atoms with Gasteiger partial charge < -0.3 is 29.6 Å². The lowest BCUT2D eigenvalue weighted by Gasteiger charge is -2.34. The number of hydrogen-bond donors (Lipinski definition) is 2. The molecule has 3 aliphatic heterocycles. The first-order valence-corrected chi connectivity index (χ1v) is 18.8. The number of piperazine rings is 1. The van der Waals surface area contributed by atoms with Crippen molar-refractivity contribution in [3.05, 3.63) is 120 Å². The van der Waals surface area contributed by atoms with Crippen LogP contribution < -0.4 is 9.80 Å². The van der Waals surface area contributed by atoms with E-state index in [9.17, 15) is 14.4 Å². The first-order valence-electron chi connectivity index (χ1n) is 18.8. The number of benzene rings is 3. The fraction of sp³-hybridized carbons (Fsp3) is 0.357. The van der Waals surface area contributed by atoms with E-state index in [1.54, 1.807) is 6.20 Å². The number of rotatable bonds is 9. The van der Waals surface area contributed by atoms with Crippen LogP contribution in [0.5, 0.6) is 0 Å². The second kappa shape index (κ2) is 14.7. The SMILES string of the molecule is C[C@@H](C(=O)N1CCC[C@H]1c1ncc(-c2ccc(N3CCN(c4cnc([C@@H]5CCCN5C(=O)[C@H](C)c5ccccc5)[nH]4)CC3=O)cc2)[nH]1)c1ccccc1. The van der Waals surface area contributed by atoms with E-state index in [2.05, 4.69) is 9.97 Å². The molecule has 3 fully saturated rings. The number of likely N-dealkylation sites (tertiary alicyclic amines) is 2. The van der Waals surface area contributed by atoms with Crippen molar-refractivity contribution in [2.45, 2.75) is 63.5 Å². The average molecular weight is 711 g/mol. The highest BCUT2D eigenvalue weighted by atomic mass is 16.2. The Bertz CT molecular complexity index is 2060. The predicted octanol–water partition coefficient (Wildman–Crippen LogP) is 6.59. The van der Waals surface area contributed by atoms with Gasteiger partial charge in [-0.15, -0.1) is 0 Å². The maximum atomic E-state index is 13.5. The number of carbonyl (C=O) groups excluding carboxylic acids is 3. The Labute approximate surface area is 310 Å². The van der Waals surface area contributed by atoms with E-state index in [1.165, 1.54) is 0 Å². The number of anilines is 2. The fourth-order valence-corrected chi connectivity index (χ4v) is 8.18. The number of imidazole rings is 2. The smallest absolute Gasteiger partial charge is 0.246 e. The van der Waals surface area contributed by atoms with E-state index in [0.717, 1.165) is 77.8 Å². The summed E-state index contributed by atoms with van der Waals surface area (Å²) in [5.74, 6) is 2.18. The van der Waals surface area contributed by atoms with E-state index in [0.29, 0.717) is 19.6 Å². The zero-order chi connectivity index (χ0) is 36.5. The number of nitrogens with zero attached hydrogens (tertiary/aromatic N) is 6. The average Bonchev–Trinajstić information content (AvgIpc) is 4.04. The minimum absolute atomic E-state index is 0.00839. The first kappa shape index (κ1) is 34.4. The number of aromatic amines is 2. The second-order valence-electron chi connectivity index (χ2n) is 14.5. The van der Waals surface area contributed by atoms with Crippen LogP contribution in [0.3, 0.4) is 0 Å². The van der Waals surface area contributed by atoms with Gasteiger partial charge in [-0.05, 0) is 68.4 Å². The molecule has 0 radical (unpaired) electrons. The predicted molar refractivity (Wildman–Crippen MR) is 204 cm³/mol. The summed E-state index contributed by atoms with van der Waals surface area (Å²) in [6.45, 7) is 6.79. The van der Waals surface area contributed by atoms with Crippen LogP contribution in [-0.2, 0) is 14.4 Å². The van der Waals surface area contributed by atoms with Crippen molar-refractivity contribution in [2.75, 3.05) is 42.5 Å². The highest BCUT2D eigenvalue weighted by Crippen LogP contribution is 2.36. The van der Waals surface area contributed by atoms with Crippen LogP contribution in [0.15, 0.2) is 97.3 Å². The third-order valence-electron chi connectivity index (χ3n) is 11.3. The number of amides is 3. The van der Waals surface area contributed by atoms with Crippen molar-refractivity contribution >= 4 is 29.2 Å². The molecule has 2 N–H and O–H groups in total. The van der Waals surface area contributed by atoms with Crippen molar-refractivity contribution in [1.29, 1.82) is 0 Å². The number of H-pyrrole nitrogens is 2. The molecule has 5 aromatic rings. The fourth-order valence-electron chi connectivity index (χ4n) is 8.18. The van der Waals surface area contributed by atoms with Crippen molar-refractivity contribution in [3.63, 3.8) is 0 Å². The molecule has 3 amide bonds. The zero-order valence-electron chi connectivity index (χ0n) is 30.3. The summed E-state index contributed by atoms with van der Waals surface area (Å²) < 4.78 is 0. The van der Waals surface area contributed by atoms with Crippen LogP contribution in [0.4, 0.5) is 11.5 Å². The molecule has 11 heteroatoms. The minimum Gasteiger partial charge on any atom is -0.346 e. The topological polar surface area (TPSA) is 122 Å². The van der Waals surface area contributed by atoms with Gasteiger partial charge in [0.15, 0.2) is 0 Å². The molecule has 0 spiro atoms. The van der Waals surface area contributed by atoms with Crippen LogP contribution in [0.25, 0.3) is 11.3 Å². The summed E-state index contributed by atoms with van der Waals surface area (Å²) >= 11 is 0. The van der Waals surface area contributed by atoms with Gasteiger partial charge in [-0.2, -0.15) is 0 Å². The van der Waals surface area contributed by atoms with Crippen molar-refractivity contribution in [3.8, 4) is 11.3 Å². The maximum Gasteiger partial charge on any atom is 0.246 e. The summed E-state index contributed by atoms with van der Waals surface area (Å²) in [6, 6.07) is 27.6. The molecule has 11 nitrogen and oxygen atoms in total. The Morgan fingerprint density at radius 3 is 1.79 bits per heavy atom. The lowest BCUT2D eigenvalue weighted by Crippen LogP contribution is -2.50. The van der Waals surface area contributed by atoms with Crippen molar-refractivity contribution < 1.29 is 14.4 Å². The Kier molecular flexibility index (Phi) is 9.55. The third-order valence-corrected chi connectivity index (χ3v) is 11.3. The van der Waals surface area contributed by atoms with Crippen LogP contribution >= 0.6 is 0 Å². The van der Waals surface area contributed by atoms with Gasteiger partial charge in [0, 0.05) is 31.9 Å². The van der Waals surface area contributed by atoms with Gasteiger partial charge in [-0.1, -0.05) is 72.8 Å². The Morgan fingerprint density at radius 2 is 1.23 bits per heavy atom. The third kappa shape index (κ3) is 6.83. The van der Waals surface area contributed by atoms with Crippen LogP contribution in [-0.4, -0.2) is 80.2 Å². The normalized spacial score (nSPS) is 20.2.